The summed E-state index contributed by atoms with van der Waals surface area (Å²) in [6, 6.07) is 10.2. The molecule has 4 rings (SSSR count). The van der Waals surface area contributed by atoms with Crippen molar-refractivity contribution in [1.29, 1.82) is 5.26 Å². The predicted molar refractivity (Wildman–Crippen MR) is 121 cm³/mol. The van der Waals surface area contributed by atoms with Gasteiger partial charge in [0.2, 0.25) is 0 Å². The number of rotatable bonds is 8. The van der Waals surface area contributed by atoms with Gasteiger partial charge in [-0.2, -0.15) is 5.26 Å². The lowest BCUT2D eigenvalue weighted by Crippen LogP contribution is -2.25. The molecule has 3 aromatic rings. The van der Waals surface area contributed by atoms with E-state index in [1.54, 1.807) is 12.3 Å². The van der Waals surface area contributed by atoms with Gasteiger partial charge in [-0.15, -0.1) is 0 Å². The fourth-order valence-electron chi connectivity index (χ4n) is 4.40. The summed E-state index contributed by atoms with van der Waals surface area (Å²) < 4.78 is 44.6. The van der Waals surface area contributed by atoms with Crippen LogP contribution in [0.5, 0.6) is 0 Å². The van der Waals surface area contributed by atoms with Crippen LogP contribution in [0.25, 0.3) is 22.3 Å². The summed E-state index contributed by atoms with van der Waals surface area (Å²) in [5.74, 6) is -0.329. The quantitative estimate of drug-likeness (QED) is 0.391. The second-order valence-electron chi connectivity index (χ2n) is 8.09. The van der Waals surface area contributed by atoms with E-state index in [-0.39, 0.29) is 18.3 Å². The highest BCUT2D eigenvalue weighted by Gasteiger charge is 2.26. The van der Waals surface area contributed by atoms with Gasteiger partial charge in [0.15, 0.2) is 0 Å². The van der Waals surface area contributed by atoms with E-state index in [1.165, 1.54) is 30.5 Å². The van der Waals surface area contributed by atoms with Crippen LogP contribution in [-0.4, -0.2) is 28.9 Å². The molecule has 8 heteroatoms. The first-order valence-electron chi connectivity index (χ1n) is 10.9. The van der Waals surface area contributed by atoms with E-state index in [2.05, 4.69) is 20.3 Å². The molecule has 1 aromatic carbocycles. The molecule has 1 atom stereocenters. The largest absolute Gasteiger partial charge is 0.335 e. The standard InChI is InChI=1S/C24H25F3N4S/c25-11-10-17(13-26)30-32-19-7-9-22(29-15-19)24-21(14-28)20-8-6-16(27)12-23(20)31(24)18-4-2-1-3-5-18/h6-9,12,15,17-18,30H,1-5,10-11,13H2. The van der Waals surface area contributed by atoms with Gasteiger partial charge in [0.1, 0.15) is 18.6 Å². The van der Waals surface area contributed by atoms with Crippen LogP contribution in [-0.2, 0) is 0 Å². The molecule has 1 unspecified atom stereocenters. The zero-order valence-electron chi connectivity index (χ0n) is 17.7. The number of hydrogen-bond acceptors (Lipinski definition) is 4. The minimum absolute atomic E-state index is 0.110. The maximum atomic E-state index is 14.1. The molecule has 0 spiro atoms. The molecule has 168 valence electrons. The molecule has 0 bridgehead atoms. The first-order valence-corrected chi connectivity index (χ1v) is 11.7. The van der Waals surface area contributed by atoms with Crippen molar-refractivity contribution in [1.82, 2.24) is 14.3 Å². The maximum absolute atomic E-state index is 14.1. The minimum atomic E-state index is -0.647. The first kappa shape index (κ1) is 22.7. The molecule has 32 heavy (non-hydrogen) atoms. The summed E-state index contributed by atoms with van der Waals surface area (Å²) in [6.45, 7) is -1.23. The molecule has 1 saturated carbocycles. The molecule has 1 fully saturated rings. The number of hydrogen-bond donors (Lipinski definition) is 1. The van der Waals surface area contributed by atoms with Crippen molar-refractivity contribution in [2.24, 2.45) is 0 Å². The normalized spacial score (nSPS) is 15.7. The van der Waals surface area contributed by atoms with Gasteiger partial charge in [0.25, 0.3) is 0 Å². The molecule has 0 saturated heterocycles. The van der Waals surface area contributed by atoms with Crippen molar-refractivity contribution in [3.63, 3.8) is 0 Å². The second-order valence-corrected chi connectivity index (χ2v) is 9.00. The van der Waals surface area contributed by atoms with Crippen molar-refractivity contribution in [2.45, 2.75) is 55.5 Å². The Hall–Kier alpha value is -2.50. The number of fused-ring (bicyclic) bond motifs is 1. The Balaban J connectivity index is 1.72. The Morgan fingerprint density at radius 3 is 2.66 bits per heavy atom. The van der Waals surface area contributed by atoms with E-state index >= 15 is 0 Å². The Bertz CT molecular complexity index is 1100. The maximum Gasteiger partial charge on any atom is 0.125 e. The Morgan fingerprint density at radius 1 is 1.19 bits per heavy atom. The lowest BCUT2D eigenvalue weighted by Gasteiger charge is -2.26. The lowest BCUT2D eigenvalue weighted by atomic mass is 9.95. The first-order chi connectivity index (χ1) is 15.7. The highest BCUT2D eigenvalue weighted by Crippen LogP contribution is 2.40. The number of nitriles is 1. The number of alkyl halides is 2. The van der Waals surface area contributed by atoms with Crippen molar-refractivity contribution >= 4 is 22.9 Å². The van der Waals surface area contributed by atoms with Gasteiger partial charge in [-0.1, -0.05) is 19.3 Å². The van der Waals surface area contributed by atoms with E-state index in [9.17, 15) is 18.4 Å². The number of nitrogens with one attached hydrogen (secondary N) is 1. The highest BCUT2D eigenvalue weighted by molar-refractivity contribution is 7.97. The van der Waals surface area contributed by atoms with Gasteiger partial charge >= 0.3 is 0 Å². The number of halogens is 3. The third-order valence-corrected chi connectivity index (χ3v) is 6.91. The van der Waals surface area contributed by atoms with Gasteiger partial charge in [-0.3, -0.25) is 14.1 Å². The van der Waals surface area contributed by atoms with Gasteiger partial charge in [-0.05, 0) is 61.5 Å². The van der Waals surface area contributed by atoms with Crippen LogP contribution in [0.4, 0.5) is 13.2 Å². The Morgan fingerprint density at radius 2 is 2.00 bits per heavy atom. The Kier molecular flexibility index (Phi) is 7.38. The summed E-state index contributed by atoms with van der Waals surface area (Å²) >= 11 is 1.21. The zero-order chi connectivity index (χ0) is 22.5. The van der Waals surface area contributed by atoms with Gasteiger partial charge in [0, 0.05) is 28.6 Å². The number of aromatic nitrogens is 2. The predicted octanol–water partition coefficient (Wildman–Crippen LogP) is 6.51. The molecule has 0 aliphatic heterocycles. The average Bonchev–Trinajstić information content (AvgIpc) is 3.16. The van der Waals surface area contributed by atoms with Crippen molar-refractivity contribution in [3.8, 4) is 17.5 Å². The molecular formula is C24H25F3N4S. The van der Waals surface area contributed by atoms with Crippen LogP contribution < -0.4 is 4.72 Å². The zero-order valence-corrected chi connectivity index (χ0v) is 18.5. The van der Waals surface area contributed by atoms with E-state index < -0.39 is 19.4 Å². The summed E-state index contributed by atoms with van der Waals surface area (Å²) in [6.07, 6.45) is 7.11. The summed E-state index contributed by atoms with van der Waals surface area (Å²) in [5, 5.41) is 10.7. The van der Waals surface area contributed by atoms with Crippen molar-refractivity contribution in [3.05, 3.63) is 47.9 Å². The summed E-state index contributed by atoms with van der Waals surface area (Å²) in [7, 11) is 0. The number of nitrogens with zero attached hydrogens (tertiary/aromatic N) is 3. The van der Waals surface area contributed by atoms with Crippen LogP contribution in [0.2, 0.25) is 0 Å². The third-order valence-electron chi connectivity index (χ3n) is 5.98. The average molecular weight is 459 g/mol. The fourth-order valence-corrected chi connectivity index (χ4v) is 5.12. The minimum Gasteiger partial charge on any atom is -0.335 e. The number of pyridine rings is 1. The fraction of sp³-hybridized carbons (Fsp3) is 0.417. The molecule has 1 aliphatic carbocycles. The SMILES string of the molecule is N#Cc1c(-c2ccc(SNC(CF)CCF)cn2)n(C2CCCCC2)c2cc(F)ccc12. The smallest absolute Gasteiger partial charge is 0.125 e. The summed E-state index contributed by atoms with van der Waals surface area (Å²) in [5.41, 5.74) is 2.57. The summed E-state index contributed by atoms with van der Waals surface area (Å²) in [4.78, 5) is 5.35. The molecule has 4 nitrogen and oxygen atoms in total. The van der Waals surface area contributed by atoms with Crippen LogP contribution in [0.3, 0.4) is 0 Å². The van der Waals surface area contributed by atoms with Crippen LogP contribution >= 0.6 is 11.9 Å². The molecule has 2 aromatic heterocycles. The van der Waals surface area contributed by atoms with Crippen LogP contribution in [0.15, 0.2) is 41.4 Å². The van der Waals surface area contributed by atoms with Crippen molar-refractivity contribution < 1.29 is 13.2 Å². The monoisotopic (exact) mass is 458 g/mol. The van der Waals surface area contributed by atoms with Gasteiger partial charge in [-0.25, -0.2) is 8.78 Å². The topological polar surface area (TPSA) is 53.6 Å². The van der Waals surface area contributed by atoms with Crippen molar-refractivity contribution in [2.75, 3.05) is 13.3 Å². The van der Waals surface area contributed by atoms with E-state index in [1.807, 2.05) is 12.1 Å². The van der Waals surface area contributed by atoms with E-state index in [4.69, 9.17) is 0 Å². The molecular weight excluding hydrogens is 433 g/mol. The molecule has 1 aliphatic rings. The van der Waals surface area contributed by atoms with E-state index in [0.717, 1.165) is 41.5 Å². The van der Waals surface area contributed by atoms with Gasteiger partial charge < -0.3 is 4.57 Å². The Labute approximate surface area is 190 Å². The highest BCUT2D eigenvalue weighted by atomic mass is 32.2. The second kappa shape index (κ2) is 10.4. The molecule has 0 radical (unpaired) electrons. The van der Waals surface area contributed by atoms with Gasteiger partial charge in [0.05, 0.1) is 29.1 Å². The van der Waals surface area contributed by atoms with Crippen LogP contribution in [0, 0.1) is 17.1 Å². The van der Waals surface area contributed by atoms with Crippen LogP contribution in [0.1, 0.15) is 50.1 Å². The third kappa shape index (κ3) is 4.64. The van der Waals surface area contributed by atoms with E-state index in [0.29, 0.717) is 17.0 Å². The molecule has 0 amide bonds. The lowest BCUT2D eigenvalue weighted by molar-refractivity contribution is 0.359. The molecule has 2 heterocycles. The number of benzene rings is 1. The molecule has 1 N–H and O–H groups in total.